The highest BCUT2D eigenvalue weighted by Crippen LogP contribution is 2.39. The van der Waals surface area contributed by atoms with E-state index in [4.69, 9.17) is 9.47 Å². The van der Waals surface area contributed by atoms with Crippen molar-refractivity contribution < 1.29 is 41.7 Å². The molecule has 2 aromatic carbocycles. The molecule has 2 atom stereocenters. The first-order valence-electron chi connectivity index (χ1n) is 14.8. The molecule has 14 heteroatoms. The summed E-state index contributed by atoms with van der Waals surface area (Å²) in [6, 6.07) is 2.02. The van der Waals surface area contributed by atoms with Crippen LogP contribution in [0.25, 0.3) is 11.1 Å². The number of carbonyl (C=O) groups is 2. The van der Waals surface area contributed by atoms with Crippen molar-refractivity contribution in [2.24, 2.45) is 7.05 Å². The third-order valence-electron chi connectivity index (χ3n) is 8.50. The van der Waals surface area contributed by atoms with Gasteiger partial charge in [-0.25, -0.2) is 14.2 Å². The zero-order chi connectivity index (χ0) is 33.5. The van der Waals surface area contributed by atoms with E-state index in [-0.39, 0.29) is 36.4 Å². The van der Waals surface area contributed by atoms with E-state index in [2.05, 4.69) is 10.3 Å². The molecule has 0 radical (unpaired) electrons. The number of morpholine rings is 1. The Morgan fingerprint density at radius 2 is 1.91 bits per heavy atom. The highest BCUT2D eigenvalue weighted by atomic mass is 19.4. The van der Waals surface area contributed by atoms with E-state index in [1.165, 1.54) is 17.6 Å². The molecule has 5 rings (SSSR count). The van der Waals surface area contributed by atoms with Crippen LogP contribution in [-0.2, 0) is 29.4 Å². The van der Waals surface area contributed by atoms with E-state index in [0.717, 1.165) is 11.0 Å². The average Bonchev–Trinajstić information content (AvgIpc) is 2.99. The van der Waals surface area contributed by atoms with Crippen molar-refractivity contribution in [2.45, 2.75) is 58.3 Å². The SMILES string of the molecule is Cc1cc(N2CCOC[C@@H]2C(F)(F)F)cc(F)c1C(=O)N[C@@H](Cc1ccc(-c2c(C)nc(C)n(C)c2=O)c2c1CCCO2)C(=O)O. The predicted molar refractivity (Wildman–Crippen MR) is 160 cm³/mol. The van der Waals surface area contributed by atoms with Crippen LogP contribution in [0.15, 0.2) is 29.1 Å². The van der Waals surface area contributed by atoms with Crippen molar-refractivity contribution in [3.05, 3.63) is 74.2 Å². The van der Waals surface area contributed by atoms with Crippen LogP contribution in [0.2, 0.25) is 0 Å². The fourth-order valence-electron chi connectivity index (χ4n) is 6.09. The monoisotopic (exact) mass is 646 g/mol. The number of carboxylic acid groups (broad SMARTS) is 1. The van der Waals surface area contributed by atoms with Crippen LogP contribution in [-0.4, -0.2) is 71.2 Å². The van der Waals surface area contributed by atoms with Gasteiger partial charge in [0.25, 0.3) is 11.5 Å². The summed E-state index contributed by atoms with van der Waals surface area (Å²) in [6.07, 6.45) is -3.61. The number of ether oxygens (including phenoxy) is 2. The van der Waals surface area contributed by atoms with Gasteiger partial charge >= 0.3 is 12.1 Å². The lowest BCUT2D eigenvalue weighted by Crippen LogP contribution is -2.53. The molecule has 3 aromatic rings. The van der Waals surface area contributed by atoms with Crippen molar-refractivity contribution >= 4 is 17.6 Å². The third kappa shape index (κ3) is 6.30. The number of carboxylic acids is 1. The average molecular weight is 647 g/mol. The van der Waals surface area contributed by atoms with E-state index in [1.54, 1.807) is 33.0 Å². The van der Waals surface area contributed by atoms with E-state index < -0.39 is 48.1 Å². The number of alkyl halides is 3. The molecule has 2 aliphatic rings. The second-order valence-electron chi connectivity index (χ2n) is 11.5. The van der Waals surface area contributed by atoms with Gasteiger partial charge in [-0.3, -0.25) is 14.2 Å². The minimum Gasteiger partial charge on any atom is -0.493 e. The van der Waals surface area contributed by atoms with Gasteiger partial charge in [-0.1, -0.05) is 12.1 Å². The Kier molecular flexibility index (Phi) is 9.12. The number of aryl methyl sites for hydroxylation is 3. The van der Waals surface area contributed by atoms with Crippen LogP contribution >= 0.6 is 0 Å². The van der Waals surface area contributed by atoms with Crippen LogP contribution in [0.1, 0.15) is 45.0 Å². The van der Waals surface area contributed by atoms with Crippen LogP contribution in [0.4, 0.5) is 23.2 Å². The van der Waals surface area contributed by atoms with Gasteiger partial charge in [0.2, 0.25) is 0 Å². The van der Waals surface area contributed by atoms with Gasteiger partial charge in [0.1, 0.15) is 29.5 Å². The van der Waals surface area contributed by atoms with Crippen LogP contribution in [0.5, 0.6) is 5.75 Å². The number of fused-ring (bicyclic) bond motifs is 1. The standard InChI is InChI=1S/C32H34F4N4O6/c1-16-12-20(40-9-11-45-15-25(40)32(34,35)36)14-23(33)26(16)29(41)38-24(31(43)44)13-19-7-8-22(28-21(19)6-5-10-46-28)27-17(2)37-18(3)39(4)30(27)42/h7-8,12,14,24-25H,5-6,9-11,13,15H2,1-4H3,(H,38,41)(H,43,44)/t24-,25+/m0/s1. The number of anilines is 1. The fraction of sp³-hybridized carbons (Fsp3) is 0.438. The predicted octanol–water partition coefficient (Wildman–Crippen LogP) is 4.03. The molecule has 0 aliphatic carbocycles. The second-order valence-corrected chi connectivity index (χ2v) is 11.5. The maximum atomic E-state index is 15.4. The molecule has 46 heavy (non-hydrogen) atoms. The number of nitrogens with zero attached hydrogens (tertiary/aromatic N) is 3. The van der Waals surface area contributed by atoms with Gasteiger partial charge < -0.3 is 24.8 Å². The summed E-state index contributed by atoms with van der Waals surface area (Å²) >= 11 is 0. The highest BCUT2D eigenvalue weighted by molar-refractivity contribution is 5.98. The van der Waals surface area contributed by atoms with Crippen molar-refractivity contribution in [2.75, 3.05) is 31.3 Å². The minimum atomic E-state index is -4.62. The molecule has 0 spiro atoms. The number of rotatable bonds is 7. The first-order valence-corrected chi connectivity index (χ1v) is 14.8. The molecule has 1 fully saturated rings. The molecular weight excluding hydrogens is 612 g/mol. The normalized spacial score (nSPS) is 17.2. The first kappa shape index (κ1) is 32.9. The molecule has 3 heterocycles. The maximum Gasteiger partial charge on any atom is 0.411 e. The number of aliphatic carboxylic acids is 1. The number of carbonyl (C=O) groups excluding carboxylic acids is 1. The lowest BCUT2D eigenvalue weighted by Gasteiger charge is -2.38. The third-order valence-corrected chi connectivity index (χ3v) is 8.50. The molecule has 2 aliphatic heterocycles. The smallest absolute Gasteiger partial charge is 0.411 e. The molecule has 1 aromatic heterocycles. The summed E-state index contributed by atoms with van der Waals surface area (Å²) in [5.74, 6) is -2.47. The Labute approximate surface area is 261 Å². The Bertz CT molecular complexity index is 1730. The van der Waals surface area contributed by atoms with E-state index in [0.29, 0.717) is 59.0 Å². The van der Waals surface area contributed by atoms with Crippen molar-refractivity contribution in [1.29, 1.82) is 0 Å². The summed E-state index contributed by atoms with van der Waals surface area (Å²) in [7, 11) is 1.62. The highest BCUT2D eigenvalue weighted by Gasteiger charge is 2.45. The van der Waals surface area contributed by atoms with Crippen LogP contribution in [0.3, 0.4) is 0 Å². The Hall–Kier alpha value is -4.46. The molecule has 0 saturated carbocycles. The summed E-state index contributed by atoms with van der Waals surface area (Å²) in [6.45, 7) is 4.50. The van der Waals surface area contributed by atoms with Crippen LogP contribution < -0.4 is 20.5 Å². The van der Waals surface area contributed by atoms with Gasteiger partial charge in [-0.05, 0) is 62.4 Å². The lowest BCUT2D eigenvalue weighted by molar-refractivity contribution is -0.167. The fourth-order valence-corrected chi connectivity index (χ4v) is 6.09. The molecule has 246 valence electrons. The molecule has 1 saturated heterocycles. The van der Waals surface area contributed by atoms with Crippen molar-refractivity contribution in [1.82, 2.24) is 14.9 Å². The largest absolute Gasteiger partial charge is 0.493 e. The van der Waals surface area contributed by atoms with Gasteiger partial charge in [-0.2, -0.15) is 13.2 Å². The van der Waals surface area contributed by atoms with Gasteiger partial charge in [0.15, 0.2) is 0 Å². The Morgan fingerprint density at radius 1 is 1.17 bits per heavy atom. The Morgan fingerprint density at radius 3 is 2.59 bits per heavy atom. The number of aromatic nitrogens is 2. The minimum absolute atomic E-state index is 0.0175. The van der Waals surface area contributed by atoms with Gasteiger partial charge in [0, 0.05) is 31.3 Å². The van der Waals surface area contributed by atoms with Gasteiger partial charge in [-0.15, -0.1) is 0 Å². The first-order chi connectivity index (χ1) is 21.7. The van der Waals surface area contributed by atoms with Crippen LogP contribution in [0, 0.1) is 26.6 Å². The number of halogens is 4. The second kappa shape index (κ2) is 12.7. The zero-order valence-electron chi connectivity index (χ0n) is 25.8. The van der Waals surface area contributed by atoms with E-state index in [9.17, 15) is 32.7 Å². The molecule has 0 unspecified atom stereocenters. The topological polar surface area (TPSA) is 123 Å². The Balaban J connectivity index is 1.43. The lowest BCUT2D eigenvalue weighted by atomic mass is 9.90. The number of amides is 1. The van der Waals surface area contributed by atoms with Gasteiger partial charge in [0.05, 0.1) is 36.6 Å². The molecular formula is C32H34F4N4O6. The van der Waals surface area contributed by atoms with Crippen molar-refractivity contribution in [3.8, 4) is 16.9 Å². The summed E-state index contributed by atoms with van der Waals surface area (Å²) in [5, 5.41) is 12.4. The zero-order valence-corrected chi connectivity index (χ0v) is 25.8. The number of hydrogen-bond acceptors (Lipinski definition) is 7. The maximum absolute atomic E-state index is 15.4. The summed E-state index contributed by atoms with van der Waals surface area (Å²) in [5.41, 5.74) is 1.95. The van der Waals surface area contributed by atoms with Crippen molar-refractivity contribution in [3.63, 3.8) is 0 Å². The number of benzene rings is 2. The quantitative estimate of drug-likeness (QED) is 0.369. The number of hydrogen-bond donors (Lipinski definition) is 2. The van der Waals surface area contributed by atoms with E-state index in [1.807, 2.05) is 0 Å². The van der Waals surface area contributed by atoms with E-state index >= 15 is 4.39 Å². The molecule has 10 nitrogen and oxygen atoms in total. The number of nitrogens with one attached hydrogen (secondary N) is 1. The summed E-state index contributed by atoms with van der Waals surface area (Å²) in [4.78, 5) is 44.2. The molecule has 0 bridgehead atoms. The molecule has 2 N–H and O–H groups in total. The summed E-state index contributed by atoms with van der Waals surface area (Å²) < 4.78 is 68.6. The molecule has 1 amide bonds.